The number of benzene rings is 2. The molecule has 4 aromatic heterocycles. The summed E-state index contributed by atoms with van der Waals surface area (Å²) in [6.45, 7) is -0.258. The molecule has 4 heterocycles. The molecule has 6 rings (SSSR count). The van der Waals surface area contributed by atoms with Crippen molar-refractivity contribution in [3.63, 3.8) is 0 Å². The highest BCUT2D eigenvalue weighted by atomic mass is 32.2. The minimum atomic E-state index is -6.00. The van der Waals surface area contributed by atoms with Gasteiger partial charge in [-0.05, 0) is 67.1 Å². The number of nitrogens with zero attached hydrogens (tertiary/aromatic N) is 5. The van der Waals surface area contributed by atoms with Gasteiger partial charge in [0.15, 0.2) is 0 Å². The summed E-state index contributed by atoms with van der Waals surface area (Å²) in [7, 11) is -3.89. The highest BCUT2D eigenvalue weighted by Crippen LogP contribution is 2.44. The fourth-order valence-corrected chi connectivity index (χ4v) is 6.07. The van der Waals surface area contributed by atoms with Crippen LogP contribution in [-0.4, -0.2) is 56.2 Å². The summed E-state index contributed by atoms with van der Waals surface area (Å²) in [4.78, 5) is 12.9. The fraction of sp³-hybridized carbons (Fsp3) is 0.161. The zero-order chi connectivity index (χ0) is 34.5. The van der Waals surface area contributed by atoms with Crippen molar-refractivity contribution in [2.45, 2.75) is 36.3 Å². The van der Waals surface area contributed by atoms with Gasteiger partial charge >= 0.3 is 12.4 Å². The number of pyridine rings is 3. The van der Waals surface area contributed by atoms with Crippen molar-refractivity contribution in [1.29, 1.82) is 0 Å². The molecule has 0 fully saturated rings. The Morgan fingerprint density at radius 1 is 0.812 bits per heavy atom. The number of hydrogen-bond donors (Lipinski definition) is 3. The first-order chi connectivity index (χ1) is 22.6. The smallest absolute Gasteiger partial charge is 0.372 e. The Labute approximate surface area is 268 Å². The molecule has 0 bridgehead atoms. The van der Waals surface area contributed by atoms with Gasteiger partial charge in [-0.1, -0.05) is 12.1 Å². The predicted molar refractivity (Wildman–Crippen MR) is 165 cm³/mol. The molecule has 248 valence electrons. The number of anilines is 3. The lowest BCUT2D eigenvalue weighted by Gasteiger charge is -2.32. The van der Waals surface area contributed by atoms with E-state index in [4.69, 9.17) is 0 Å². The SMILES string of the molecule is Cc1c(-c2nccc3cnc(Nc4ccc(S(=O)(=O)Nc5ccccn5)cc4)cc23)ccc2c1cnn2CC(O)(C(F)(F)F)C(F)(F)F. The van der Waals surface area contributed by atoms with E-state index in [9.17, 15) is 39.9 Å². The van der Waals surface area contributed by atoms with E-state index in [0.29, 0.717) is 43.8 Å². The molecular formula is C31H23F6N7O3S. The predicted octanol–water partition coefficient (Wildman–Crippen LogP) is 6.75. The molecule has 0 amide bonds. The first-order valence-electron chi connectivity index (χ1n) is 13.9. The maximum atomic E-state index is 13.4. The standard InChI is InChI=1S/C31H23F6N7O3S/c1-18-22(9-10-25-24(18)16-41-44(25)17-29(45,30(32,33)34)31(35,36)37)28-23-14-27(40-15-19(23)11-13-39-28)42-20-5-7-21(8-6-20)48(46,47)43-26-4-2-3-12-38-26/h2-16,45H,17H2,1H3,(H,38,43)(H,40,42). The Hall–Kier alpha value is -5.29. The topological polar surface area (TPSA) is 135 Å². The molecule has 10 nitrogen and oxygen atoms in total. The van der Waals surface area contributed by atoms with Crippen LogP contribution in [0.15, 0.2) is 96.4 Å². The molecule has 2 aromatic carbocycles. The zero-order valence-corrected chi connectivity index (χ0v) is 25.4. The van der Waals surface area contributed by atoms with Crippen LogP contribution in [0.25, 0.3) is 32.9 Å². The number of aryl methyl sites for hydroxylation is 1. The van der Waals surface area contributed by atoms with E-state index >= 15 is 0 Å². The van der Waals surface area contributed by atoms with Gasteiger partial charge in [0, 0.05) is 46.0 Å². The second kappa shape index (κ2) is 11.7. The normalized spacial score (nSPS) is 12.8. The maximum Gasteiger partial charge on any atom is 0.428 e. The van der Waals surface area contributed by atoms with E-state index in [1.54, 1.807) is 49.5 Å². The average molecular weight is 688 g/mol. The van der Waals surface area contributed by atoms with Crippen molar-refractivity contribution in [3.05, 3.63) is 97.1 Å². The monoisotopic (exact) mass is 687 g/mol. The summed E-state index contributed by atoms with van der Waals surface area (Å²) in [5, 5.41) is 18.1. The second-order valence-corrected chi connectivity index (χ2v) is 12.4. The molecule has 0 aliphatic heterocycles. The molecule has 3 N–H and O–H groups in total. The largest absolute Gasteiger partial charge is 0.428 e. The molecule has 0 aliphatic rings. The van der Waals surface area contributed by atoms with Gasteiger partial charge in [-0.2, -0.15) is 31.4 Å². The Balaban J connectivity index is 1.30. The van der Waals surface area contributed by atoms with Crippen LogP contribution in [0.5, 0.6) is 0 Å². The summed E-state index contributed by atoms with van der Waals surface area (Å²) in [5.41, 5.74) is -3.08. The van der Waals surface area contributed by atoms with Crippen molar-refractivity contribution in [3.8, 4) is 11.3 Å². The van der Waals surface area contributed by atoms with E-state index in [-0.39, 0.29) is 21.6 Å². The highest BCUT2D eigenvalue weighted by Gasteiger charge is 2.70. The second-order valence-electron chi connectivity index (χ2n) is 10.7. The number of rotatable bonds is 8. The van der Waals surface area contributed by atoms with Gasteiger partial charge in [-0.25, -0.2) is 18.4 Å². The summed E-state index contributed by atoms with van der Waals surface area (Å²) in [6, 6.07) is 17.0. The Morgan fingerprint density at radius 3 is 2.21 bits per heavy atom. The van der Waals surface area contributed by atoms with Gasteiger partial charge in [-0.15, -0.1) is 0 Å². The average Bonchev–Trinajstić information content (AvgIpc) is 3.44. The van der Waals surface area contributed by atoms with E-state index in [1.165, 1.54) is 42.7 Å². The lowest BCUT2D eigenvalue weighted by molar-refractivity contribution is -0.372. The van der Waals surface area contributed by atoms with Gasteiger partial charge in [0.2, 0.25) is 0 Å². The van der Waals surface area contributed by atoms with Crippen molar-refractivity contribution >= 4 is 49.0 Å². The number of nitrogens with one attached hydrogen (secondary N) is 2. The van der Waals surface area contributed by atoms with Crippen molar-refractivity contribution in [2.75, 3.05) is 10.0 Å². The van der Waals surface area contributed by atoms with Crippen molar-refractivity contribution in [2.24, 2.45) is 0 Å². The van der Waals surface area contributed by atoms with E-state index in [2.05, 4.69) is 30.1 Å². The molecule has 0 unspecified atom stereocenters. The van der Waals surface area contributed by atoms with Gasteiger partial charge in [0.25, 0.3) is 15.6 Å². The molecule has 0 saturated carbocycles. The molecule has 0 spiro atoms. The van der Waals surface area contributed by atoms with Crippen LogP contribution in [0.1, 0.15) is 5.56 Å². The summed E-state index contributed by atoms with van der Waals surface area (Å²) in [5.74, 6) is 0.548. The lowest BCUT2D eigenvalue weighted by Crippen LogP contribution is -2.59. The van der Waals surface area contributed by atoms with E-state index in [0.717, 1.165) is 6.20 Å². The molecule has 0 saturated heterocycles. The Bertz CT molecular complexity index is 2230. The number of sulfonamides is 1. The van der Waals surface area contributed by atoms with Crippen molar-refractivity contribution < 1.29 is 39.9 Å². The van der Waals surface area contributed by atoms with Crippen LogP contribution in [-0.2, 0) is 16.6 Å². The van der Waals surface area contributed by atoms with Gasteiger partial charge in [-0.3, -0.25) is 14.4 Å². The minimum absolute atomic E-state index is 0.00680. The number of halogens is 6. The van der Waals surface area contributed by atoms with E-state index < -0.39 is 34.5 Å². The molecule has 0 radical (unpaired) electrons. The summed E-state index contributed by atoms with van der Waals surface area (Å²) < 4.78 is 108. The Kier molecular flexibility index (Phi) is 7.99. The molecule has 0 aliphatic carbocycles. The molecule has 6 aromatic rings. The molecule has 17 heteroatoms. The molecular weight excluding hydrogens is 664 g/mol. The number of fused-ring (bicyclic) bond motifs is 2. The van der Waals surface area contributed by atoms with Crippen LogP contribution in [0.2, 0.25) is 0 Å². The van der Waals surface area contributed by atoms with Crippen LogP contribution in [0, 0.1) is 6.92 Å². The van der Waals surface area contributed by atoms with Gasteiger partial charge in [0.1, 0.15) is 11.6 Å². The summed E-state index contributed by atoms with van der Waals surface area (Å²) >= 11 is 0. The third-order valence-corrected chi connectivity index (χ3v) is 9.03. The maximum absolute atomic E-state index is 13.4. The number of aliphatic hydroxyl groups is 1. The number of alkyl halides is 6. The minimum Gasteiger partial charge on any atom is -0.372 e. The van der Waals surface area contributed by atoms with Crippen molar-refractivity contribution in [1.82, 2.24) is 24.7 Å². The number of aromatic nitrogens is 5. The van der Waals surface area contributed by atoms with Crippen LogP contribution >= 0.6 is 0 Å². The van der Waals surface area contributed by atoms with Gasteiger partial charge < -0.3 is 10.4 Å². The highest BCUT2D eigenvalue weighted by molar-refractivity contribution is 7.92. The summed E-state index contributed by atoms with van der Waals surface area (Å²) in [6.07, 6.45) is -6.29. The fourth-order valence-electron chi connectivity index (χ4n) is 5.06. The van der Waals surface area contributed by atoms with Crippen LogP contribution in [0.3, 0.4) is 0 Å². The lowest BCUT2D eigenvalue weighted by atomic mass is 9.98. The molecule has 48 heavy (non-hydrogen) atoms. The van der Waals surface area contributed by atoms with Crippen LogP contribution < -0.4 is 10.0 Å². The number of hydrogen-bond acceptors (Lipinski definition) is 8. The quantitative estimate of drug-likeness (QED) is 0.150. The van der Waals surface area contributed by atoms with Gasteiger partial charge in [0.05, 0.1) is 28.8 Å². The third kappa shape index (κ3) is 5.97. The van der Waals surface area contributed by atoms with Crippen LogP contribution in [0.4, 0.5) is 43.7 Å². The first-order valence-corrected chi connectivity index (χ1v) is 15.4. The molecule has 0 atom stereocenters. The zero-order valence-electron chi connectivity index (χ0n) is 24.5. The first kappa shape index (κ1) is 32.6. The van der Waals surface area contributed by atoms with E-state index in [1.807, 2.05) is 0 Å². The third-order valence-electron chi connectivity index (χ3n) is 7.66. The Morgan fingerprint density at radius 2 is 1.54 bits per heavy atom.